The monoisotopic (exact) mass is 350 g/mol. The molecule has 3 nitrogen and oxygen atoms in total. The quantitative estimate of drug-likeness (QED) is 0.721. The zero-order valence-corrected chi connectivity index (χ0v) is 11.5. The molecule has 6 heteroatoms. The van der Waals surface area contributed by atoms with Crippen molar-refractivity contribution in [2.75, 3.05) is 0 Å². The molecule has 0 radical (unpaired) electrons. The summed E-state index contributed by atoms with van der Waals surface area (Å²) in [4.78, 5) is 8.37. The van der Waals surface area contributed by atoms with E-state index in [1.54, 1.807) is 12.1 Å². The number of aryl methyl sites for hydroxylation is 1. The third-order valence-electron chi connectivity index (χ3n) is 1.77. The predicted molar refractivity (Wildman–Crippen MR) is 64.9 cm³/mol. The lowest BCUT2D eigenvalue weighted by Gasteiger charge is -2.01. The molecule has 2 rings (SSSR count). The molecule has 15 heavy (non-hydrogen) atoms. The first-order valence-electron chi connectivity index (χ1n) is 4.03. The number of hydrogen-bond acceptors (Lipinski definition) is 3. The van der Waals surface area contributed by atoms with Gasteiger partial charge in [-0.15, -0.1) is 0 Å². The third kappa shape index (κ3) is 2.24. The smallest absolute Gasteiger partial charge is 0.197 e. The van der Waals surface area contributed by atoms with Crippen molar-refractivity contribution < 1.29 is 4.42 Å². The molecule has 0 bridgehead atoms. The van der Waals surface area contributed by atoms with E-state index in [2.05, 4.69) is 41.8 Å². The van der Waals surface area contributed by atoms with Gasteiger partial charge in [0.15, 0.2) is 16.3 Å². The van der Waals surface area contributed by atoms with Gasteiger partial charge in [-0.2, -0.15) is 0 Å². The van der Waals surface area contributed by atoms with E-state index in [1.165, 1.54) is 0 Å². The molecule has 2 aromatic heterocycles. The van der Waals surface area contributed by atoms with Crippen LogP contribution in [0.2, 0.25) is 5.15 Å². The molecule has 0 unspecified atom stereocenters. The van der Waals surface area contributed by atoms with E-state index < -0.39 is 0 Å². The molecule has 0 aliphatic heterocycles. The summed E-state index contributed by atoms with van der Waals surface area (Å²) in [5.41, 5.74) is 0.775. The molecule has 0 aromatic carbocycles. The number of hydrogen-bond donors (Lipinski definition) is 0. The van der Waals surface area contributed by atoms with E-state index in [0.29, 0.717) is 25.9 Å². The van der Waals surface area contributed by atoms with Gasteiger partial charge in [0, 0.05) is 0 Å². The van der Waals surface area contributed by atoms with Crippen molar-refractivity contribution >= 4 is 43.5 Å². The Labute approximate surface area is 108 Å². The Balaban J connectivity index is 2.55. The van der Waals surface area contributed by atoms with E-state index in [9.17, 15) is 0 Å². The number of rotatable bonds is 1. The van der Waals surface area contributed by atoms with Crippen molar-refractivity contribution in [1.29, 1.82) is 0 Å². The van der Waals surface area contributed by atoms with E-state index in [4.69, 9.17) is 16.0 Å². The minimum atomic E-state index is 0.380. The summed E-state index contributed by atoms with van der Waals surface area (Å²) < 4.78 is 6.68. The van der Waals surface area contributed by atoms with E-state index >= 15 is 0 Å². The van der Waals surface area contributed by atoms with Crippen molar-refractivity contribution in [2.24, 2.45) is 0 Å². The van der Waals surface area contributed by atoms with Crippen LogP contribution in [0.25, 0.3) is 11.6 Å². The summed E-state index contributed by atoms with van der Waals surface area (Å²) in [6.07, 6.45) is 0. The number of halogens is 3. The lowest BCUT2D eigenvalue weighted by atomic mass is 10.4. The van der Waals surface area contributed by atoms with Gasteiger partial charge >= 0.3 is 0 Å². The predicted octanol–water partition coefficient (Wildman–Crippen LogP) is 4.22. The lowest BCUT2D eigenvalue weighted by Crippen LogP contribution is -1.93. The zero-order valence-electron chi connectivity index (χ0n) is 7.59. The van der Waals surface area contributed by atoms with Gasteiger partial charge in [0.05, 0.1) is 10.2 Å². The van der Waals surface area contributed by atoms with Crippen LogP contribution in [0.3, 0.4) is 0 Å². The summed E-state index contributed by atoms with van der Waals surface area (Å²) in [5.74, 6) is 1.06. The first kappa shape index (κ1) is 11.1. The Morgan fingerprint density at radius 1 is 1.27 bits per heavy atom. The van der Waals surface area contributed by atoms with Crippen LogP contribution >= 0.6 is 43.5 Å². The average Bonchev–Trinajstić information content (AvgIpc) is 2.60. The fourth-order valence-corrected chi connectivity index (χ4v) is 1.77. The highest BCUT2D eigenvalue weighted by molar-refractivity contribution is 9.10. The molecule has 0 fully saturated rings. The maximum atomic E-state index is 5.92. The Morgan fingerprint density at radius 2 is 2.00 bits per heavy atom. The Bertz CT molecular complexity index is 490. The fourth-order valence-electron chi connectivity index (χ4n) is 1.07. The van der Waals surface area contributed by atoms with Crippen molar-refractivity contribution in [3.63, 3.8) is 0 Å². The van der Waals surface area contributed by atoms with Gasteiger partial charge in [0.25, 0.3) is 0 Å². The Kier molecular flexibility index (Phi) is 3.13. The molecular formula is C9H5Br2ClN2O. The highest BCUT2D eigenvalue weighted by Crippen LogP contribution is 2.28. The van der Waals surface area contributed by atoms with Crippen LogP contribution in [0.4, 0.5) is 0 Å². The highest BCUT2D eigenvalue weighted by atomic mass is 79.9. The minimum absolute atomic E-state index is 0.380. The van der Waals surface area contributed by atoms with Crippen LogP contribution < -0.4 is 0 Å². The van der Waals surface area contributed by atoms with Crippen LogP contribution in [0.15, 0.2) is 25.7 Å². The van der Waals surface area contributed by atoms with Crippen LogP contribution in [-0.4, -0.2) is 9.97 Å². The largest absolute Gasteiger partial charge is 0.446 e. The van der Waals surface area contributed by atoms with Gasteiger partial charge in [-0.1, -0.05) is 11.6 Å². The van der Waals surface area contributed by atoms with E-state index in [-0.39, 0.29) is 0 Å². The first-order chi connectivity index (χ1) is 7.08. The highest BCUT2D eigenvalue weighted by Gasteiger charge is 2.11. The number of aromatic nitrogens is 2. The van der Waals surface area contributed by atoms with Crippen LogP contribution in [0.1, 0.15) is 5.69 Å². The fraction of sp³-hybridized carbons (Fsp3) is 0.111. The molecule has 0 spiro atoms. The van der Waals surface area contributed by atoms with Crippen molar-refractivity contribution in [3.8, 4) is 11.6 Å². The second-order valence-electron chi connectivity index (χ2n) is 2.84. The summed E-state index contributed by atoms with van der Waals surface area (Å²) >= 11 is 12.4. The van der Waals surface area contributed by atoms with E-state index in [1.807, 2.05) is 6.92 Å². The first-order valence-corrected chi connectivity index (χ1v) is 5.99. The lowest BCUT2D eigenvalue weighted by molar-refractivity contribution is 0.551. The molecule has 2 heterocycles. The Morgan fingerprint density at radius 3 is 2.53 bits per heavy atom. The Hall–Kier alpha value is -0.390. The van der Waals surface area contributed by atoms with Crippen LogP contribution in [0, 0.1) is 6.92 Å². The topological polar surface area (TPSA) is 38.9 Å². The number of furan rings is 1. The molecule has 78 valence electrons. The van der Waals surface area contributed by atoms with Gasteiger partial charge in [-0.05, 0) is 50.9 Å². The normalized spacial score (nSPS) is 10.7. The van der Waals surface area contributed by atoms with Crippen molar-refractivity contribution in [2.45, 2.75) is 6.92 Å². The zero-order chi connectivity index (χ0) is 11.0. The molecule has 0 aliphatic rings. The maximum Gasteiger partial charge on any atom is 0.197 e. The van der Waals surface area contributed by atoms with Gasteiger partial charge in [0.1, 0.15) is 5.15 Å². The average molecular weight is 352 g/mol. The molecular weight excluding hydrogens is 347 g/mol. The molecule has 2 aromatic rings. The SMILES string of the molecule is Cc1nc(-c2ccc(Br)o2)nc(Cl)c1Br. The summed E-state index contributed by atoms with van der Waals surface area (Å²) in [7, 11) is 0. The molecule has 0 aliphatic carbocycles. The van der Waals surface area contributed by atoms with Gasteiger partial charge in [-0.3, -0.25) is 0 Å². The van der Waals surface area contributed by atoms with Crippen molar-refractivity contribution in [1.82, 2.24) is 9.97 Å². The third-order valence-corrected chi connectivity index (χ3v) is 3.65. The van der Waals surface area contributed by atoms with Crippen LogP contribution in [-0.2, 0) is 0 Å². The molecule has 0 atom stereocenters. The minimum Gasteiger partial charge on any atom is -0.446 e. The molecule has 0 saturated heterocycles. The van der Waals surface area contributed by atoms with Gasteiger partial charge < -0.3 is 4.42 Å². The van der Waals surface area contributed by atoms with Gasteiger partial charge in [0.2, 0.25) is 0 Å². The summed E-state index contributed by atoms with van der Waals surface area (Å²) in [5, 5.41) is 0.380. The van der Waals surface area contributed by atoms with Crippen LogP contribution in [0.5, 0.6) is 0 Å². The van der Waals surface area contributed by atoms with Crippen molar-refractivity contribution in [3.05, 3.63) is 32.1 Å². The standard InChI is InChI=1S/C9H5Br2ClN2O/c1-4-7(11)8(12)14-9(13-4)5-2-3-6(10)15-5/h2-3H,1H3. The molecule has 0 N–H and O–H groups in total. The van der Waals surface area contributed by atoms with E-state index in [0.717, 1.165) is 5.69 Å². The molecule has 0 saturated carbocycles. The number of nitrogens with zero attached hydrogens (tertiary/aromatic N) is 2. The maximum absolute atomic E-state index is 5.92. The summed E-state index contributed by atoms with van der Waals surface area (Å²) in [6, 6.07) is 3.56. The second kappa shape index (κ2) is 4.23. The summed E-state index contributed by atoms with van der Waals surface area (Å²) in [6.45, 7) is 1.85. The van der Waals surface area contributed by atoms with Gasteiger partial charge in [-0.25, -0.2) is 9.97 Å². The molecule has 0 amide bonds. The second-order valence-corrected chi connectivity index (χ2v) is 4.77.